The second-order valence-corrected chi connectivity index (χ2v) is 7.60. The van der Waals surface area contributed by atoms with Crippen molar-refractivity contribution >= 4 is 23.1 Å². The van der Waals surface area contributed by atoms with Crippen molar-refractivity contribution in [2.45, 2.75) is 32.7 Å². The molecule has 30 heavy (non-hydrogen) atoms. The summed E-state index contributed by atoms with van der Waals surface area (Å²) in [5, 5.41) is 10.7. The van der Waals surface area contributed by atoms with Crippen LogP contribution in [0.25, 0.3) is 0 Å². The first-order valence-electron chi connectivity index (χ1n) is 9.94. The number of amidine groups is 1. The number of nitrogens with one attached hydrogen (secondary N) is 3. The fourth-order valence-electron chi connectivity index (χ4n) is 3.27. The molecule has 3 rings (SSSR count). The predicted octanol–water partition coefficient (Wildman–Crippen LogP) is 4.02. The first-order chi connectivity index (χ1) is 14.3. The van der Waals surface area contributed by atoms with Crippen molar-refractivity contribution in [2.75, 3.05) is 16.8 Å². The van der Waals surface area contributed by atoms with Crippen molar-refractivity contribution in [2.24, 2.45) is 5.73 Å². The summed E-state index contributed by atoms with van der Waals surface area (Å²) in [5.41, 5.74) is 9.94. The van der Waals surface area contributed by atoms with Crippen LogP contribution in [0.3, 0.4) is 0 Å². The summed E-state index contributed by atoms with van der Waals surface area (Å²) < 4.78 is 0. The Hall–Kier alpha value is -3.61. The van der Waals surface area contributed by atoms with Gasteiger partial charge in [-0.25, -0.2) is 4.98 Å². The number of anilines is 2. The maximum absolute atomic E-state index is 12.9. The van der Waals surface area contributed by atoms with E-state index >= 15 is 0 Å². The largest absolute Gasteiger partial charge is 0.384 e. The summed E-state index contributed by atoms with van der Waals surface area (Å²) in [7, 11) is 0. The molecule has 0 saturated heterocycles. The van der Waals surface area contributed by atoms with Gasteiger partial charge in [-0.05, 0) is 42.7 Å². The second-order valence-electron chi connectivity index (χ2n) is 7.60. The second kappa shape index (κ2) is 9.26. The zero-order chi connectivity index (χ0) is 21.7. The zero-order valence-corrected chi connectivity index (χ0v) is 17.5. The van der Waals surface area contributed by atoms with Gasteiger partial charge >= 0.3 is 0 Å². The molecule has 0 aliphatic rings. The number of amides is 1. The number of carbonyl (C=O) groups excluding carboxylic acids is 1. The molecule has 0 aliphatic heterocycles. The number of aromatic amines is 1. The third kappa shape index (κ3) is 5.05. The molecule has 1 aromatic heterocycles. The van der Waals surface area contributed by atoms with E-state index in [4.69, 9.17) is 11.1 Å². The number of rotatable bonds is 8. The van der Waals surface area contributed by atoms with E-state index in [1.165, 1.54) is 5.56 Å². The third-order valence-electron chi connectivity index (χ3n) is 5.10. The highest BCUT2D eigenvalue weighted by Crippen LogP contribution is 2.26. The summed E-state index contributed by atoms with van der Waals surface area (Å²) in [6.07, 6.45) is 3.36. The zero-order valence-electron chi connectivity index (χ0n) is 17.5. The van der Waals surface area contributed by atoms with Crippen LogP contribution in [0.15, 0.2) is 61.1 Å². The number of nitrogens with zero attached hydrogens (tertiary/aromatic N) is 2. The van der Waals surface area contributed by atoms with E-state index in [0.29, 0.717) is 11.5 Å². The minimum atomic E-state index is -0.135. The molecule has 1 atom stereocenters. The van der Waals surface area contributed by atoms with Crippen molar-refractivity contribution in [3.8, 4) is 0 Å². The molecule has 1 amide bonds. The molecule has 7 heteroatoms. The molecular formula is C23H28N6O. The van der Waals surface area contributed by atoms with Gasteiger partial charge in [-0.2, -0.15) is 0 Å². The van der Waals surface area contributed by atoms with Crippen LogP contribution in [-0.2, 0) is 4.79 Å². The third-order valence-corrected chi connectivity index (χ3v) is 5.10. The fraction of sp³-hybridized carbons (Fsp3) is 0.261. The van der Waals surface area contributed by atoms with Gasteiger partial charge in [0.25, 0.3) is 0 Å². The SMILES string of the molecule is CC(C)c1ccc(NC(=O)CN(c2cccc(C(=N)N)c2)C(C)c2cnc[nH]2)cc1. The minimum absolute atomic E-state index is 0.0133. The van der Waals surface area contributed by atoms with Crippen LogP contribution in [0.5, 0.6) is 0 Å². The van der Waals surface area contributed by atoms with E-state index in [0.717, 1.165) is 17.1 Å². The Labute approximate surface area is 176 Å². The average Bonchev–Trinajstić information content (AvgIpc) is 3.27. The van der Waals surface area contributed by atoms with Crippen molar-refractivity contribution < 1.29 is 4.79 Å². The topological polar surface area (TPSA) is 111 Å². The van der Waals surface area contributed by atoms with Crippen LogP contribution < -0.4 is 16.0 Å². The normalized spacial score (nSPS) is 11.9. The van der Waals surface area contributed by atoms with E-state index in [2.05, 4.69) is 29.1 Å². The van der Waals surface area contributed by atoms with E-state index in [1.54, 1.807) is 18.6 Å². The molecule has 7 nitrogen and oxygen atoms in total. The number of aromatic nitrogens is 2. The summed E-state index contributed by atoms with van der Waals surface area (Å²) in [6, 6.07) is 15.1. The van der Waals surface area contributed by atoms with Crippen LogP contribution in [-0.4, -0.2) is 28.3 Å². The van der Waals surface area contributed by atoms with E-state index in [-0.39, 0.29) is 24.3 Å². The molecule has 0 aliphatic carbocycles. The van der Waals surface area contributed by atoms with Crippen LogP contribution in [0, 0.1) is 5.41 Å². The standard InChI is InChI=1S/C23H28N6O/c1-15(2)17-7-9-19(10-8-17)28-22(30)13-29(16(3)21-12-26-14-27-21)20-6-4-5-18(11-20)23(24)25/h4-12,14-16H,13H2,1-3H3,(H3,24,25)(H,26,27)(H,28,30). The highest BCUT2D eigenvalue weighted by atomic mass is 16.2. The smallest absolute Gasteiger partial charge is 0.243 e. The number of H-pyrrole nitrogens is 1. The number of hydrogen-bond donors (Lipinski definition) is 4. The lowest BCUT2D eigenvalue weighted by molar-refractivity contribution is -0.115. The molecule has 1 heterocycles. The number of benzene rings is 2. The Morgan fingerprint density at radius 1 is 1.20 bits per heavy atom. The summed E-state index contributed by atoms with van der Waals surface area (Å²) in [5.74, 6) is 0.293. The molecule has 5 N–H and O–H groups in total. The molecular weight excluding hydrogens is 376 g/mol. The van der Waals surface area contributed by atoms with Gasteiger partial charge in [-0.3, -0.25) is 10.2 Å². The number of hydrogen-bond acceptors (Lipinski definition) is 4. The van der Waals surface area contributed by atoms with Gasteiger partial charge < -0.3 is 20.9 Å². The lowest BCUT2D eigenvalue weighted by Gasteiger charge is -2.30. The monoisotopic (exact) mass is 404 g/mol. The van der Waals surface area contributed by atoms with Gasteiger partial charge in [0.15, 0.2) is 0 Å². The lowest BCUT2D eigenvalue weighted by Crippen LogP contribution is -2.35. The van der Waals surface area contributed by atoms with Crippen molar-refractivity contribution in [1.82, 2.24) is 9.97 Å². The summed E-state index contributed by atoms with van der Waals surface area (Å²) >= 11 is 0. The number of imidazole rings is 1. The van der Waals surface area contributed by atoms with Crippen molar-refractivity contribution in [1.29, 1.82) is 5.41 Å². The molecule has 0 spiro atoms. The number of nitrogens with two attached hydrogens (primary N) is 1. The van der Waals surface area contributed by atoms with Gasteiger partial charge in [0.05, 0.1) is 30.8 Å². The Kier molecular flexibility index (Phi) is 6.51. The van der Waals surface area contributed by atoms with Crippen LogP contribution in [0.2, 0.25) is 0 Å². The first-order valence-corrected chi connectivity index (χ1v) is 9.94. The molecule has 3 aromatic rings. The fourth-order valence-corrected chi connectivity index (χ4v) is 3.27. The summed E-state index contributed by atoms with van der Waals surface area (Å²) in [4.78, 5) is 22.0. The quantitative estimate of drug-likeness (QED) is 0.335. The Morgan fingerprint density at radius 3 is 2.53 bits per heavy atom. The maximum atomic E-state index is 12.9. The Bertz CT molecular complexity index is 995. The van der Waals surface area contributed by atoms with Crippen molar-refractivity contribution in [3.05, 3.63) is 77.9 Å². The van der Waals surface area contributed by atoms with Gasteiger partial charge in [0, 0.05) is 16.9 Å². The van der Waals surface area contributed by atoms with E-state index in [1.807, 2.05) is 54.3 Å². The molecule has 156 valence electrons. The van der Waals surface area contributed by atoms with Gasteiger partial charge in [-0.15, -0.1) is 0 Å². The van der Waals surface area contributed by atoms with Crippen LogP contribution in [0.1, 0.15) is 49.6 Å². The first kappa shape index (κ1) is 21.1. The van der Waals surface area contributed by atoms with E-state index < -0.39 is 0 Å². The van der Waals surface area contributed by atoms with Crippen molar-refractivity contribution in [3.63, 3.8) is 0 Å². The molecule has 2 aromatic carbocycles. The minimum Gasteiger partial charge on any atom is -0.384 e. The van der Waals surface area contributed by atoms with Gasteiger partial charge in [-0.1, -0.05) is 38.1 Å². The molecule has 0 radical (unpaired) electrons. The number of carbonyl (C=O) groups is 1. The van der Waals surface area contributed by atoms with Gasteiger partial charge in [0.2, 0.25) is 5.91 Å². The summed E-state index contributed by atoms with van der Waals surface area (Å²) in [6.45, 7) is 6.40. The highest BCUT2D eigenvalue weighted by Gasteiger charge is 2.21. The maximum Gasteiger partial charge on any atom is 0.243 e. The van der Waals surface area contributed by atoms with Crippen LogP contribution in [0.4, 0.5) is 11.4 Å². The average molecular weight is 405 g/mol. The molecule has 0 bridgehead atoms. The highest BCUT2D eigenvalue weighted by molar-refractivity contribution is 5.97. The molecule has 1 unspecified atom stereocenters. The molecule has 0 saturated carbocycles. The van der Waals surface area contributed by atoms with E-state index in [9.17, 15) is 4.79 Å². The van der Waals surface area contributed by atoms with Crippen LogP contribution >= 0.6 is 0 Å². The molecule has 0 fully saturated rings. The van der Waals surface area contributed by atoms with Gasteiger partial charge in [0.1, 0.15) is 5.84 Å². The lowest BCUT2D eigenvalue weighted by atomic mass is 10.0. The Morgan fingerprint density at radius 2 is 1.93 bits per heavy atom. The Balaban J connectivity index is 1.82. The predicted molar refractivity (Wildman–Crippen MR) is 121 cm³/mol. The number of nitrogen functional groups attached to an aromatic ring is 1.